The largest absolute Gasteiger partial charge is 0.354 e. The van der Waals surface area contributed by atoms with Crippen LogP contribution >= 0.6 is 27.5 Å². The smallest absolute Gasteiger partial charge is 0.238 e. The quantitative estimate of drug-likeness (QED) is 0.817. The van der Waals surface area contributed by atoms with Crippen LogP contribution in [0.5, 0.6) is 0 Å². The first-order valence-corrected chi connectivity index (χ1v) is 9.33. The third kappa shape index (κ3) is 4.93. The molecule has 2 heterocycles. The van der Waals surface area contributed by atoms with Gasteiger partial charge in [0.15, 0.2) is 0 Å². The van der Waals surface area contributed by atoms with Crippen molar-refractivity contribution in [1.82, 2.24) is 9.88 Å². The van der Waals surface area contributed by atoms with Gasteiger partial charge in [0.2, 0.25) is 5.91 Å². The summed E-state index contributed by atoms with van der Waals surface area (Å²) in [6.07, 6.45) is 1.81. The molecule has 0 bridgehead atoms. The highest BCUT2D eigenvalue weighted by atomic mass is 79.9. The van der Waals surface area contributed by atoms with Gasteiger partial charge in [-0.2, -0.15) is 0 Å². The van der Waals surface area contributed by atoms with E-state index in [0.29, 0.717) is 11.6 Å². The summed E-state index contributed by atoms with van der Waals surface area (Å²) in [6.45, 7) is 5.71. The lowest BCUT2D eigenvalue weighted by Gasteiger charge is -2.35. The number of amides is 1. The molecular weight excluding hydrogens is 404 g/mol. The van der Waals surface area contributed by atoms with Gasteiger partial charge in [-0.05, 0) is 52.7 Å². The first-order chi connectivity index (χ1) is 12.0. The van der Waals surface area contributed by atoms with Gasteiger partial charge in [0.05, 0.1) is 6.54 Å². The molecule has 1 N–H and O–H groups in total. The second-order valence-corrected chi connectivity index (χ2v) is 7.43. The average molecular weight is 424 g/mol. The van der Waals surface area contributed by atoms with Gasteiger partial charge in [-0.25, -0.2) is 4.98 Å². The number of pyridine rings is 1. The molecule has 1 aromatic heterocycles. The molecule has 0 aliphatic carbocycles. The van der Waals surface area contributed by atoms with Crippen molar-refractivity contribution in [3.05, 3.63) is 51.6 Å². The monoisotopic (exact) mass is 422 g/mol. The maximum absolute atomic E-state index is 12.2. The van der Waals surface area contributed by atoms with E-state index in [1.54, 1.807) is 6.07 Å². The minimum absolute atomic E-state index is 0.0184. The molecule has 0 unspecified atom stereocenters. The van der Waals surface area contributed by atoms with Crippen LogP contribution in [0.2, 0.25) is 5.02 Å². The van der Waals surface area contributed by atoms with Crippen molar-refractivity contribution in [1.29, 1.82) is 0 Å². The minimum Gasteiger partial charge on any atom is -0.354 e. The number of hydrogen-bond donors (Lipinski definition) is 1. The molecule has 25 heavy (non-hydrogen) atoms. The number of nitrogens with one attached hydrogen (secondary N) is 1. The van der Waals surface area contributed by atoms with Crippen molar-refractivity contribution < 1.29 is 4.79 Å². The zero-order valence-corrected chi connectivity index (χ0v) is 16.3. The molecule has 1 aliphatic heterocycles. The lowest BCUT2D eigenvalue weighted by molar-refractivity contribution is -0.117. The summed E-state index contributed by atoms with van der Waals surface area (Å²) in [5.74, 6) is 0.955. The molecule has 0 spiro atoms. The Kier molecular flexibility index (Phi) is 5.93. The van der Waals surface area contributed by atoms with Crippen molar-refractivity contribution in [3.8, 4) is 0 Å². The van der Waals surface area contributed by atoms with Gasteiger partial charge in [-0.3, -0.25) is 9.69 Å². The number of hydrogen-bond acceptors (Lipinski definition) is 4. The topological polar surface area (TPSA) is 48.5 Å². The van der Waals surface area contributed by atoms with E-state index < -0.39 is 0 Å². The number of halogens is 2. The Labute approximate surface area is 161 Å². The van der Waals surface area contributed by atoms with Crippen molar-refractivity contribution in [2.75, 3.05) is 42.9 Å². The van der Waals surface area contributed by atoms with Crippen LogP contribution < -0.4 is 10.2 Å². The number of aromatic nitrogens is 1. The average Bonchev–Trinajstić information content (AvgIpc) is 2.60. The van der Waals surface area contributed by atoms with E-state index in [1.165, 1.54) is 0 Å². The van der Waals surface area contributed by atoms with Crippen LogP contribution in [0.4, 0.5) is 11.5 Å². The number of carbonyl (C=O) groups is 1. The van der Waals surface area contributed by atoms with Crippen molar-refractivity contribution in [3.63, 3.8) is 0 Å². The van der Waals surface area contributed by atoms with E-state index in [4.69, 9.17) is 11.6 Å². The summed E-state index contributed by atoms with van der Waals surface area (Å²) in [5.41, 5.74) is 1.73. The summed E-state index contributed by atoms with van der Waals surface area (Å²) in [6, 6.07) is 9.56. The molecule has 0 radical (unpaired) electrons. The number of carbonyl (C=O) groups excluding carboxylic acids is 1. The molecule has 0 atom stereocenters. The number of anilines is 2. The Morgan fingerprint density at radius 3 is 2.64 bits per heavy atom. The highest BCUT2D eigenvalue weighted by Gasteiger charge is 2.20. The third-order valence-corrected chi connectivity index (χ3v) is 5.11. The van der Waals surface area contributed by atoms with E-state index in [0.717, 1.165) is 47.7 Å². The fourth-order valence-corrected chi connectivity index (χ4v) is 3.18. The SMILES string of the molecule is Cc1ccc(NC(=O)CN2CCN(c3ccc(Br)cn3)CC2)cc1Cl. The second kappa shape index (κ2) is 8.17. The normalized spacial score (nSPS) is 15.2. The predicted octanol–water partition coefficient (Wildman–Crippen LogP) is 3.57. The Morgan fingerprint density at radius 2 is 2.00 bits per heavy atom. The molecule has 7 heteroatoms. The predicted molar refractivity (Wildman–Crippen MR) is 105 cm³/mol. The van der Waals surface area contributed by atoms with Crippen LogP contribution in [0.15, 0.2) is 41.0 Å². The van der Waals surface area contributed by atoms with E-state index in [-0.39, 0.29) is 5.91 Å². The van der Waals surface area contributed by atoms with Crippen LogP contribution in [0.3, 0.4) is 0 Å². The standard InChI is InChI=1S/C18H20BrClN4O/c1-13-2-4-15(10-16(13)20)22-18(25)12-23-6-8-24(9-7-23)17-5-3-14(19)11-21-17/h2-5,10-11H,6-9,12H2,1H3,(H,22,25). The Hall–Kier alpha value is -1.63. The zero-order valence-electron chi connectivity index (χ0n) is 14.0. The Balaban J connectivity index is 1.49. The molecule has 1 amide bonds. The highest BCUT2D eigenvalue weighted by Crippen LogP contribution is 2.20. The van der Waals surface area contributed by atoms with Crippen LogP contribution in [0.1, 0.15) is 5.56 Å². The zero-order chi connectivity index (χ0) is 17.8. The third-order valence-electron chi connectivity index (χ3n) is 4.23. The van der Waals surface area contributed by atoms with E-state index in [2.05, 4.69) is 36.0 Å². The molecule has 1 fully saturated rings. The van der Waals surface area contributed by atoms with Gasteiger partial charge in [0.1, 0.15) is 5.82 Å². The second-order valence-electron chi connectivity index (χ2n) is 6.11. The maximum atomic E-state index is 12.2. The van der Waals surface area contributed by atoms with E-state index in [9.17, 15) is 4.79 Å². The van der Waals surface area contributed by atoms with E-state index >= 15 is 0 Å². The molecular formula is C18H20BrClN4O. The number of nitrogens with zero attached hydrogens (tertiary/aromatic N) is 3. The van der Waals surface area contributed by atoms with E-state index in [1.807, 2.05) is 37.4 Å². The molecule has 5 nitrogen and oxygen atoms in total. The summed E-state index contributed by atoms with van der Waals surface area (Å²) in [5, 5.41) is 3.57. The van der Waals surface area contributed by atoms with Crippen molar-refractivity contribution in [2.45, 2.75) is 6.92 Å². The summed E-state index contributed by atoms with van der Waals surface area (Å²) in [4.78, 5) is 21.1. The minimum atomic E-state index is -0.0184. The van der Waals surface area contributed by atoms with Gasteiger partial charge in [-0.15, -0.1) is 0 Å². The van der Waals surface area contributed by atoms with Gasteiger partial charge in [0, 0.05) is 47.6 Å². The highest BCUT2D eigenvalue weighted by molar-refractivity contribution is 9.10. The molecule has 3 rings (SSSR count). The van der Waals surface area contributed by atoms with Gasteiger partial charge < -0.3 is 10.2 Å². The lowest BCUT2D eigenvalue weighted by Crippen LogP contribution is -2.48. The lowest BCUT2D eigenvalue weighted by atomic mass is 10.2. The fraction of sp³-hybridized carbons (Fsp3) is 0.333. The maximum Gasteiger partial charge on any atom is 0.238 e. The van der Waals surface area contributed by atoms with Crippen molar-refractivity contribution in [2.24, 2.45) is 0 Å². The van der Waals surface area contributed by atoms with Crippen molar-refractivity contribution >= 4 is 44.9 Å². The number of aryl methyl sites for hydroxylation is 1. The molecule has 1 aliphatic rings. The fourth-order valence-electron chi connectivity index (χ4n) is 2.76. The number of piperazine rings is 1. The van der Waals surface area contributed by atoms with Gasteiger partial charge in [0.25, 0.3) is 0 Å². The summed E-state index contributed by atoms with van der Waals surface area (Å²) in [7, 11) is 0. The Bertz CT molecular complexity index is 745. The van der Waals surface area contributed by atoms with Crippen LogP contribution in [0, 0.1) is 6.92 Å². The molecule has 1 saturated heterocycles. The van der Waals surface area contributed by atoms with Crippen LogP contribution in [0.25, 0.3) is 0 Å². The van der Waals surface area contributed by atoms with Gasteiger partial charge in [-0.1, -0.05) is 17.7 Å². The van der Waals surface area contributed by atoms with Crippen LogP contribution in [-0.4, -0.2) is 48.5 Å². The molecule has 2 aromatic rings. The summed E-state index contributed by atoms with van der Waals surface area (Å²) >= 11 is 9.50. The van der Waals surface area contributed by atoms with Gasteiger partial charge >= 0.3 is 0 Å². The van der Waals surface area contributed by atoms with Crippen LogP contribution in [-0.2, 0) is 4.79 Å². The first-order valence-electron chi connectivity index (χ1n) is 8.16. The summed E-state index contributed by atoms with van der Waals surface area (Å²) < 4.78 is 0.975. The number of rotatable bonds is 4. The Morgan fingerprint density at radius 1 is 1.24 bits per heavy atom. The molecule has 0 saturated carbocycles. The first kappa shape index (κ1) is 18.2. The number of benzene rings is 1. The molecule has 1 aromatic carbocycles. The molecule has 132 valence electrons.